The van der Waals surface area contributed by atoms with Gasteiger partial charge in [-0.15, -0.1) is 0 Å². The van der Waals surface area contributed by atoms with Crippen LogP contribution in [0.4, 0.5) is 0 Å². The van der Waals surface area contributed by atoms with Crippen LogP contribution in [0.5, 0.6) is 0 Å². The zero-order chi connectivity index (χ0) is 12.7. The topological polar surface area (TPSA) is 6.48 Å². The molecule has 0 spiro atoms. The molecule has 1 heterocycles. The molecule has 0 bridgehead atoms. The van der Waals surface area contributed by atoms with Gasteiger partial charge in [-0.05, 0) is 55.4 Å². The van der Waals surface area contributed by atoms with E-state index >= 15 is 0 Å². The van der Waals surface area contributed by atoms with Crippen molar-refractivity contribution >= 4 is 0 Å². The molecule has 1 aliphatic heterocycles. The number of nitrogens with zero attached hydrogens (tertiary/aromatic N) is 2. The van der Waals surface area contributed by atoms with Crippen LogP contribution in [0.3, 0.4) is 0 Å². The summed E-state index contributed by atoms with van der Waals surface area (Å²) >= 11 is 0. The van der Waals surface area contributed by atoms with Gasteiger partial charge in [0.05, 0.1) is 0 Å². The predicted octanol–water partition coefficient (Wildman–Crippen LogP) is 2.98. The minimum absolute atomic E-state index is 0.289. The standard InChI is InChI=1S/C14H30N2/c1-11-9-16(14(6,7)8)12(2)10-15(11)13(3,4)5/h11-12H,9-10H2,1-8H3/t11-,12-/m1/s1. The average molecular weight is 226 g/mol. The molecule has 0 aromatic rings. The maximum Gasteiger partial charge on any atom is 0.0201 e. The fraction of sp³-hybridized carbons (Fsp3) is 1.00. The van der Waals surface area contributed by atoms with Gasteiger partial charge in [0.2, 0.25) is 0 Å². The summed E-state index contributed by atoms with van der Waals surface area (Å²) in [6.07, 6.45) is 0. The number of rotatable bonds is 0. The quantitative estimate of drug-likeness (QED) is 0.626. The van der Waals surface area contributed by atoms with E-state index < -0.39 is 0 Å². The third-order valence-electron chi connectivity index (χ3n) is 3.71. The highest BCUT2D eigenvalue weighted by Crippen LogP contribution is 2.28. The van der Waals surface area contributed by atoms with Crippen LogP contribution >= 0.6 is 0 Å². The molecule has 0 unspecified atom stereocenters. The molecule has 2 heteroatoms. The Morgan fingerprint density at radius 2 is 0.938 bits per heavy atom. The van der Waals surface area contributed by atoms with Crippen molar-refractivity contribution in [2.45, 2.75) is 78.6 Å². The Morgan fingerprint density at radius 3 is 1.12 bits per heavy atom. The van der Waals surface area contributed by atoms with Crippen LogP contribution in [0.2, 0.25) is 0 Å². The van der Waals surface area contributed by atoms with Crippen LogP contribution in [-0.4, -0.2) is 46.1 Å². The Balaban J connectivity index is 2.79. The summed E-state index contributed by atoms with van der Waals surface area (Å²) in [6, 6.07) is 1.30. The van der Waals surface area contributed by atoms with Gasteiger partial charge in [-0.3, -0.25) is 9.80 Å². The molecule has 1 rings (SSSR count). The minimum atomic E-state index is 0.289. The van der Waals surface area contributed by atoms with E-state index in [0.717, 1.165) is 0 Å². The summed E-state index contributed by atoms with van der Waals surface area (Å²) in [5.41, 5.74) is 0.579. The molecule has 1 saturated heterocycles. The van der Waals surface area contributed by atoms with Crippen molar-refractivity contribution in [1.82, 2.24) is 9.80 Å². The van der Waals surface area contributed by atoms with Gasteiger partial charge in [-0.25, -0.2) is 0 Å². The van der Waals surface area contributed by atoms with Crippen molar-refractivity contribution in [2.75, 3.05) is 13.1 Å². The van der Waals surface area contributed by atoms with Crippen molar-refractivity contribution in [3.05, 3.63) is 0 Å². The molecule has 0 saturated carbocycles. The van der Waals surface area contributed by atoms with Crippen LogP contribution < -0.4 is 0 Å². The summed E-state index contributed by atoms with van der Waals surface area (Å²) in [5.74, 6) is 0. The molecule has 0 amide bonds. The number of hydrogen-bond donors (Lipinski definition) is 0. The molecule has 0 radical (unpaired) electrons. The molecule has 1 aliphatic rings. The number of hydrogen-bond acceptors (Lipinski definition) is 2. The monoisotopic (exact) mass is 226 g/mol. The summed E-state index contributed by atoms with van der Waals surface area (Å²) in [7, 11) is 0. The molecule has 16 heavy (non-hydrogen) atoms. The van der Waals surface area contributed by atoms with Gasteiger partial charge in [-0.2, -0.15) is 0 Å². The maximum atomic E-state index is 2.64. The number of piperazine rings is 1. The second kappa shape index (κ2) is 4.30. The van der Waals surface area contributed by atoms with Gasteiger partial charge in [0, 0.05) is 36.3 Å². The average Bonchev–Trinajstić information content (AvgIpc) is 2.04. The lowest BCUT2D eigenvalue weighted by atomic mass is 9.94. The van der Waals surface area contributed by atoms with Crippen LogP contribution in [0, 0.1) is 0 Å². The van der Waals surface area contributed by atoms with Crippen molar-refractivity contribution in [3.63, 3.8) is 0 Å². The Labute approximate surface area is 102 Å². The molecular weight excluding hydrogens is 196 g/mol. The first kappa shape index (κ1) is 14.0. The van der Waals surface area contributed by atoms with Gasteiger partial charge >= 0.3 is 0 Å². The van der Waals surface area contributed by atoms with Gasteiger partial charge in [-0.1, -0.05) is 0 Å². The third-order valence-corrected chi connectivity index (χ3v) is 3.71. The highest BCUT2D eigenvalue weighted by atomic mass is 15.3. The Bertz CT molecular complexity index is 208. The summed E-state index contributed by atoms with van der Waals surface area (Å²) < 4.78 is 0. The van der Waals surface area contributed by atoms with E-state index in [9.17, 15) is 0 Å². The largest absolute Gasteiger partial charge is 0.293 e. The maximum absolute atomic E-state index is 2.64. The van der Waals surface area contributed by atoms with Crippen molar-refractivity contribution in [1.29, 1.82) is 0 Å². The first-order valence-electron chi connectivity index (χ1n) is 6.57. The molecule has 1 fully saturated rings. The van der Waals surface area contributed by atoms with Crippen molar-refractivity contribution in [3.8, 4) is 0 Å². The van der Waals surface area contributed by atoms with E-state index in [1.165, 1.54) is 13.1 Å². The normalized spacial score (nSPS) is 30.8. The van der Waals surface area contributed by atoms with Crippen LogP contribution in [0.15, 0.2) is 0 Å². The lowest BCUT2D eigenvalue weighted by molar-refractivity contribution is -0.0470. The molecule has 2 atom stereocenters. The molecule has 0 aromatic carbocycles. The van der Waals surface area contributed by atoms with E-state index in [-0.39, 0.29) is 11.1 Å². The van der Waals surface area contributed by atoms with Crippen molar-refractivity contribution in [2.24, 2.45) is 0 Å². The minimum Gasteiger partial charge on any atom is -0.293 e. The Kier molecular flexibility index (Phi) is 3.76. The SMILES string of the molecule is C[C@@H]1CN(C(C)(C)C)[C@H](C)CN1C(C)(C)C. The lowest BCUT2D eigenvalue weighted by Crippen LogP contribution is -2.65. The summed E-state index contributed by atoms with van der Waals surface area (Å²) in [4.78, 5) is 5.28. The van der Waals surface area contributed by atoms with Crippen LogP contribution in [0.25, 0.3) is 0 Å². The summed E-state index contributed by atoms with van der Waals surface area (Å²) in [6.45, 7) is 21.0. The van der Waals surface area contributed by atoms with E-state index in [0.29, 0.717) is 12.1 Å². The van der Waals surface area contributed by atoms with Gasteiger partial charge in [0.1, 0.15) is 0 Å². The Hall–Kier alpha value is -0.0800. The van der Waals surface area contributed by atoms with E-state index in [2.05, 4.69) is 65.2 Å². The second-order valence-electron chi connectivity index (χ2n) is 7.34. The molecule has 2 nitrogen and oxygen atoms in total. The smallest absolute Gasteiger partial charge is 0.0201 e. The Morgan fingerprint density at radius 1 is 0.688 bits per heavy atom. The lowest BCUT2D eigenvalue weighted by Gasteiger charge is -2.53. The molecule has 96 valence electrons. The fourth-order valence-corrected chi connectivity index (χ4v) is 3.00. The summed E-state index contributed by atoms with van der Waals surface area (Å²) in [5, 5.41) is 0. The predicted molar refractivity (Wildman–Crippen MR) is 71.8 cm³/mol. The zero-order valence-electron chi connectivity index (χ0n) is 12.5. The highest BCUT2D eigenvalue weighted by Gasteiger charge is 2.38. The van der Waals surface area contributed by atoms with E-state index in [1.54, 1.807) is 0 Å². The van der Waals surface area contributed by atoms with Gasteiger partial charge in [0.25, 0.3) is 0 Å². The third kappa shape index (κ3) is 2.98. The highest BCUT2D eigenvalue weighted by molar-refractivity contribution is 4.94. The molecule has 0 aliphatic carbocycles. The second-order valence-corrected chi connectivity index (χ2v) is 7.34. The first-order chi connectivity index (χ1) is 7.03. The van der Waals surface area contributed by atoms with Crippen LogP contribution in [-0.2, 0) is 0 Å². The van der Waals surface area contributed by atoms with E-state index in [4.69, 9.17) is 0 Å². The zero-order valence-corrected chi connectivity index (χ0v) is 12.5. The van der Waals surface area contributed by atoms with Gasteiger partial charge in [0.15, 0.2) is 0 Å². The van der Waals surface area contributed by atoms with Crippen LogP contribution in [0.1, 0.15) is 55.4 Å². The van der Waals surface area contributed by atoms with Gasteiger partial charge < -0.3 is 0 Å². The fourth-order valence-electron chi connectivity index (χ4n) is 3.00. The molecule has 0 aromatic heterocycles. The molecular formula is C14H30N2. The van der Waals surface area contributed by atoms with Crippen molar-refractivity contribution < 1.29 is 0 Å². The van der Waals surface area contributed by atoms with E-state index in [1.807, 2.05) is 0 Å². The molecule has 0 N–H and O–H groups in total. The first-order valence-corrected chi connectivity index (χ1v) is 6.57.